The molecule has 0 radical (unpaired) electrons. The molecule has 3 atom stereocenters. The monoisotopic (exact) mass is 1180 g/mol. The molecule has 25 nitrogen and oxygen atoms in total. The van der Waals surface area contributed by atoms with Crippen molar-refractivity contribution in [3.05, 3.63) is 106 Å². The molecule has 3 heterocycles. The first-order chi connectivity index (χ1) is 41.5. The maximum atomic E-state index is 13.4. The van der Waals surface area contributed by atoms with Crippen molar-refractivity contribution < 1.29 is 28.8 Å². The van der Waals surface area contributed by atoms with Gasteiger partial charge in [-0.25, -0.2) is 0 Å². The lowest BCUT2D eigenvalue weighted by atomic mass is 10.1. The van der Waals surface area contributed by atoms with Gasteiger partial charge in [-0.15, -0.1) is 0 Å². The molecule has 0 aromatic heterocycles. The summed E-state index contributed by atoms with van der Waals surface area (Å²) in [5.41, 5.74) is 4.53. The molecule has 3 aliphatic heterocycles. The second-order valence-corrected chi connectivity index (χ2v) is 21.8. The maximum absolute atomic E-state index is 13.4. The number of hydrogen-bond donors (Lipinski definition) is 15. The van der Waals surface area contributed by atoms with Gasteiger partial charge in [-0.1, -0.05) is 36.4 Å². The van der Waals surface area contributed by atoms with Gasteiger partial charge in [0, 0.05) is 234 Å². The van der Waals surface area contributed by atoms with Crippen molar-refractivity contribution in [2.45, 2.75) is 37.8 Å². The van der Waals surface area contributed by atoms with E-state index in [-0.39, 0.29) is 35.4 Å². The van der Waals surface area contributed by atoms with Gasteiger partial charge >= 0.3 is 0 Å². The molecule has 3 saturated heterocycles. The van der Waals surface area contributed by atoms with Crippen molar-refractivity contribution in [2.24, 2.45) is 0 Å². The third-order valence-electron chi connectivity index (χ3n) is 15.4. The van der Waals surface area contributed by atoms with Gasteiger partial charge in [-0.05, 0) is 53.1 Å². The summed E-state index contributed by atoms with van der Waals surface area (Å²) >= 11 is 0. The van der Waals surface area contributed by atoms with Crippen LogP contribution in [0, 0.1) is 0 Å². The van der Waals surface area contributed by atoms with Crippen LogP contribution in [0.3, 0.4) is 0 Å². The second-order valence-electron chi connectivity index (χ2n) is 21.8. The Morgan fingerprint density at radius 1 is 0.376 bits per heavy atom. The average Bonchev–Trinajstić information content (AvgIpc) is 3.84. The number of amides is 6. The van der Waals surface area contributed by atoms with Crippen LogP contribution >= 0.6 is 0 Å². The maximum Gasteiger partial charge on any atom is 0.251 e. The molecule has 470 valence electrons. The summed E-state index contributed by atoms with van der Waals surface area (Å²) in [6.45, 7) is 22.3. The summed E-state index contributed by atoms with van der Waals surface area (Å²) in [5.74, 6) is -1.60. The van der Waals surface area contributed by atoms with Crippen LogP contribution in [-0.2, 0) is 34.0 Å². The molecule has 6 amide bonds. The van der Waals surface area contributed by atoms with E-state index in [1.54, 1.807) is 57.5 Å². The van der Waals surface area contributed by atoms with Crippen LogP contribution in [0.1, 0.15) is 47.8 Å². The number of benzene rings is 3. The smallest absolute Gasteiger partial charge is 0.251 e. The van der Waals surface area contributed by atoms with Crippen molar-refractivity contribution in [3.63, 3.8) is 0 Å². The quantitative estimate of drug-likeness (QED) is 0.0281. The van der Waals surface area contributed by atoms with E-state index in [9.17, 15) is 28.8 Å². The van der Waals surface area contributed by atoms with E-state index in [4.69, 9.17) is 0 Å². The van der Waals surface area contributed by atoms with Gasteiger partial charge in [0.1, 0.15) is 18.1 Å². The van der Waals surface area contributed by atoms with Crippen molar-refractivity contribution in [1.82, 2.24) is 99.4 Å². The molecular formula is C60H99N19O6. The second kappa shape index (κ2) is 39.6. The SMILES string of the molecule is CNC(=O)[C@H](CN1CCNCCNCC1)NC(=O)c1ccc(CNCCN(CCNCc2ccc(C(=O)N[C@@H](CN3CCNCCNCC3)C(=O)NC)cc2)CCNCc2ccc(C(=O)N[C@@H](CN3CCNCCNCC3)C(=O)NC)cc2)cc1. The van der Waals surface area contributed by atoms with E-state index in [1.807, 2.05) is 36.4 Å². The predicted octanol–water partition coefficient (Wildman–Crippen LogP) is -4.32. The predicted molar refractivity (Wildman–Crippen MR) is 333 cm³/mol. The lowest BCUT2D eigenvalue weighted by molar-refractivity contribution is -0.123. The number of nitrogens with one attached hydrogen (secondary N) is 15. The molecule has 3 aliphatic rings. The summed E-state index contributed by atoms with van der Waals surface area (Å²) in [6, 6.07) is 20.3. The first kappa shape index (κ1) is 68.1. The number of nitrogens with zero attached hydrogens (tertiary/aromatic N) is 4. The number of hydrogen-bond acceptors (Lipinski definition) is 19. The molecule has 0 unspecified atom stereocenters. The zero-order valence-corrected chi connectivity index (χ0v) is 50.6. The van der Waals surface area contributed by atoms with Gasteiger partial charge < -0.3 is 79.8 Å². The lowest BCUT2D eigenvalue weighted by Crippen LogP contribution is -2.53. The Morgan fingerprint density at radius 3 is 0.835 bits per heavy atom. The minimum absolute atomic E-state index is 0.233. The van der Waals surface area contributed by atoms with E-state index in [1.165, 1.54) is 0 Å². The van der Waals surface area contributed by atoms with E-state index in [2.05, 4.69) is 99.4 Å². The number of rotatable bonds is 30. The van der Waals surface area contributed by atoms with Crippen molar-refractivity contribution in [3.8, 4) is 0 Å². The third kappa shape index (κ3) is 25.8. The zero-order valence-electron chi connectivity index (χ0n) is 50.6. The van der Waals surface area contributed by atoms with Crippen LogP contribution in [0.2, 0.25) is 0 Å². The van der Waals surface area contributed by atoms with Gasteiger partial charge in [-0.2, -0.15) is 0 Å². The highest BCUT2D eigenvalue weighted by atomic mass is 16.2. The Kier molecular flexibility index (Phi) is 31.7. The summed E-state index contributed by atoms with van der Waals surface area (Å²) < 4.78 is 0. The van der Waals surface area contributed by atoms with Crippen molar-refractivity contribution >= 4 is 35.4 Å². The minimum atomic E-state index is -0.699. The van der Waals surface area contributed by atoms with E-state index in [0.717, 1.165) is 154 Å². The van der Waals surface area contributed by atoms with Crippen molar-refractivity contribution in [1.29, 1.82) is 0 Å². The minimum Gasteiger partial charge on any atom is -0.357 e. The Labute approximate surface area is 503 Å². The molecule has 6 rings (SSSR count). The van der Waals surface area contributed by atoms with Crippen LogP contribution in [0.15, 0.2) is 72.8 Å². The molecular weight excluding hydrogens is 1080 g/mol. The number of carbonyl (C=O) groups excluding carboxylic acids is 6. The zero-order chi connectivity index (χ0) is 60.3. The van der Waals surface area contributed by atoms with Gasteiger partial charge in [0.15, 0.2) is 0 Å². The fourth-order valence-corrected chi connectivity index (χ4v) is 10.3. The molecule has 0 spiro atoms. The summed E-state index contributed by atoms with van der Waals surface area (Å²) in [4.78, 5) is 88.0. The Hall–Kier alpha value is -6.04. The van der Waals surface area contributed by atoms with Crippen LogP contribution < -0.4 is 79.8 Å². The fourth-order valence-electron chi connectivity index (χ4n) is 10.3. The Balaban J connectivity index is 0.992. The van der Waals surface area contributed by atoms with Gasteiger partial charge in [0.25, 0.3) is 17.7 Å². The highest BCUT2D eigenvalue weighted by molar-refractivity contribution is 5.99. The van der Waals surface area contributed by atoms with Gasteiger partial charge in [0.05, 0.1) is 0 Å². The molecule has 0 aliphatic carbocycles. The van der Waals surface area contributed by atoms with E-state index < -0.39 is 18.1 Å². The molecule has 0 bridgehead atoms. The van der Waals surface area contributed by atoms with Crippen LogP contribution in [0.4, 0.5) is 0 Å². The van der Waals surface area contributed by atoms with E-state index >= 15 is 0 Å². The normalized spacial score (nSPS) is 17.5. The summed E-state index contributed by atoms with van der Waals surface area (Å²) in [7, 11) is 4.76. The highest BCUT2D eigenvalue weighted by Crippen LogP contribution is 2.10. The van der Waals surface area contributed by atoms with Crippen LogP contribution in [0.5, 0.6) is 0 Å². The summed E-state index contributed by atoms with van der Waals surface area (Å²) in [5, 5.41) is 48.1. The van der Waals surface area contributed by atoms with Crippen molar-refractivity contribution in [2.75, 3.05) is 198 Å². The van der Waals surface area contributed by atoms with Crippen LogP contribution in [-0.4, -0.2) is 271 Å². The van der Waals surface area contributed by atoms with Gasteiger partial charge in [-0.3, -0.25) is 48.4 Å². The topological polar surface area (TPSA) is 296 Å². The molecule has 0 saturated carbocycles. The lowest BCUT2D eigenvalue weighted by Gasteiger charge is -2.27. The highest BCUT2D eigenvalue weighted by Gasteiger charge is 2.27. The molecule has 25 heteroatoms. The molecule has 15 N–H and O–H groups in total. The largest absolute Gasteiger partial charge is 0.357 e. The Bertz CT molecular complexity index is 2150. The average molecular weight is 1180 g/mol. The Morgan fingerprint density at radius 2 is 0.612 bits per heavy atom. The van der Waals surface area contributed by atoms with Crippen LogP contribution in [0.25, 0.3) is 0 Å². The van der Waals surface area contributed by atoms with E-state index in [0.29, 0.717) is 75.6 Å². The fraction of sp³-hybridized carbons (Fsp3) is 0.600. The molecule has 3 aromatic carbocycles. The summed E-state index contributed by atoms with van der Waals surface area (Å²) in [6.07, 6.45) is 0. The molecule has 3 fully saturated rings. The van der Waals surface area contributed by atoms with Gasteiger partial charge in [0.2, 0.25) is 17.7 Å². The number of likely N-dealkylation sites (N-methyl/N-ethyl adjacent to an activating group) is 3. The molecule has 85 heavy (non-hydrogen) atoms. The number of carbonyl (C=O) groups is 6. The first-order valence-electron chi connectivity index (χ1n) is 30.6. The standard InChI is InChI=1S/C60H99N19O6/c1-61-58(83)52(43-77-34-22-64-16-17-65-23-35-77)73-55(80)49-10-4-46(5-11-49)40-70-28-31-76(32-29-71-41-47-6-12-50(13-7-47)56(81)74-53(59(84)62-2)44-78-36-24-66-18-19-67-25-37-78)33-30-72-42-48-8-14-51(15-9-48)57(82)75-54(60(85)63-3)45-79-38-26-68-20-21-69-27-39-79/h4-15,52-54,64-72H,16-45H2,1-3H3,(H,61,83)(H,62,84)(H,63,85)(H,73,80)(H,74,81)(H,75,82)/t52-,53-,54-/m0/s1. The molecule has 3 aromatic rings. The third-order valence-corrected chi connectivity index (χ3v) is 15.4. The first-order valence-corrected chi connectivity index (χ1v) is 30.6.